The van der Waals surface area contributed by atoms with E-state index in [2.05, 4.69) is 5.32 Å². The van der Waals surface area contributed by atoms with E-state index in [0.717, 1.165) is 5.56 Å². The molecule has 0 spiro atoms. The van der Waals surface area contributed by atoms with Crippen LogP contribution < -0.4 is 14.8 Å². The van der Waals surface area contributed by atoms with Gasteiger partial charge in [0.1, 0.15) is 13.2 Å². The van der Waals surface area contributed by atoms with Gasteiger partial charge >= 0.3 is 0 Å². The molecule has 7 heteroatoms. The maximum absolute atomic E-state index is 12.3. The molecule has 1 N–H and O–H groups in total. The number of nitro groups is 1. The Kier molecular flexibility index (Phi) is 4.83. The Morgan fingerprint density at radius 2 is 1.92 bits per heavy atom. The first-order chi connectivity index (χ1) is 12.0. The molecule has 0 bridgehead atoms. The van der Waals surface area contributed by atoms with Crippen molar-refractivity contribution in [1.29, 1.82) is 0 Å². The number of amides is 1. The Morgan fingerprint density at radius 1 is 1.20 bits per heavy atom. The summed E-state index contributed by atoms with van der Waals surface area (Å²) < 4.78 is 11.0. The van der Waals surface area contributed by atoms with E-state index in [0.29, 0.717) is 30.3 Å². The third-order valence-corrected chi connectivity index (χ3v) is 3.98. The van der Waals surface area contributed by atoms with E-state index < -0.39 is 4.92 Å². The zero-order valence-electron chi connectivity index (χ0n) is 13.7. The van der Waals surface area contributed by atoms with E-state index in [-0.39, 0.29) is 24.1 Å². The number of nitrogens with zero attached hydrogens (tertiary/aromatic N) is 1. The van der Waals surface area contributed by atoms with Crippen LogP contribution in [0.5, 0.6) is 11.5 Å². The van der Waals surface area contributed by atoms with Gasteiger partial charge in [0.25, 0.3) is 5.69 Å². The van der Waals surface area contributed by atoms with Crippen molar-refractivity contribution in [3.05, 3.63) is 63.7 Å². The van der Waals surface area contributed by atoms with Crippen molar-refractivity contribution in [2.75, 3.05) is 13.2 Å². The molecule has 130 valence electrons. The average Bonchev–Trinajstić information content (AvgIpc) is 2.61. The monoisotopic (exact) mass is 342 g/mol. The van der Waals surface area contributed by atoms with Crippen molar-refractivity contribution in [2.24, 2.45) is 0 Å². The molecule has 0 saturated heterocycles. The van der Waals surface area contributed by atoms with Gasteiger partial charge in [-0.1, -0.05) is 24.3 Å². The van der Waals surface area contributed by atoms with Crippen LogP contribution in [-0.4, -0.2) is 24.0 Å². The van der Waals surface area contributed by atoms with Crippen molar-refractivity contribution < 1.29 is 19.2 Å². The lowest BCUT2D eigenvalue weighted by molar-refractivity contribution is -0.385. The van der Waals surface area contributed by atoms with Crippen LogP contribution in [0.2, 0.25) is 0 Å². The number of carbonyl (C=O) groups is 1. The number of nitro benzene ring substituents is 1. The summed E-state index contributed by atoms with van der Waals surface area (Å²) in [6.45, 7) is 2.87. The molecule has 1 atom stereocenters. The predicted molar refractivity (Wildman–Crippen MR) is 90.8 cm³/mol. The highest BCUT2D eigenvalue weighted by atomic mass is 16.6. The Bertz CT molecular complexity index is 806. The molecule has 3 rings (SSSR count). The molecule has 0 fully saturated rings. The molecule has 2 aromatic rings. The SMILES string of the molecule is C[C@@H](NC(=O)Cc1ccccc1[N+](=O)[O-])c1ccc2c(c1)OCCO2. The smallest absolute Gasteiger partial charge is 0.273 e. The van der Waals surface area contributed by atoms with Gasteiger partial charge in [-0.15, -0.1) is 0 Å². The van der Waals surface area contributed by atoms with Gasteiger partial charge in [0.05, 0.1) is 17.4 Å². The Balaban J connectivity index is 1.68. The van der Waals surface area contributed by atoms with E-state index in [1.165, 1.54) is 6.07 Å². The maximum Gasteiger partial charge on any atom is 0.273 e. The molecule has 1 aliphatic rings. The lowest BCUT2D eigenvalue weighted by Crippen LogP contribution is -2.28. The van der Waals surface area contributed by atoms with Gasteiger partial charge in [-0.2, -0.15) is 0 Å². The standard InChI is InChI=1S/C18H18N2O5/c1-12(13-6-7-16-17(10-13)25-9-8-24-16)19-18(21)11-14-4-2-3-5-15(14)20(22)23/h2-7,10,12H,8-9,11H2,1H3,(H,19,21)/t12-/m1/s1. The third-order valence-electron chi connectivity index (χ3n) is 3.98. The molecule has 0 radical (unpaired) electrons. The van der Waals surface area contributed by atoms with Crippen molar-refractivity contribution in [2.45, 2.75) is 19.4 Å². The van der Waals surface area contributed by atoms with Crippen molar-refractivity contribution in [3.8, 4) is 11.5 Å². The summed E-state index contributed by atoms with van der Waals surface area (Å²) in [6.07, 6.45) is -0.0496. The predicted octanol–water partition coefficient (Wildman–Crippen LogP) is 2.79. The molecular weight excluding hydrogens is 324 g/mol. The van der Waals surface area contributed by atoms with Crippen LogP contribution >= 0.6 is 0 Å². The number of para-hydroxylation sites is 1. The third kappa shape index (κ3) is 3.88. The van der Waals surface area contributed by atoms with Crippen LogP contribution in [0.1, 0.15) is 24.1 Å². The number of hydrogen-bond donors (Lipinski definition) is 1. The maximum atomic E-state index is 12.3. The highest BCUT2D eigenvalue weighted by Gasteiger charge is 2.18. The van der Waals surface area contributed by atoms with Crippen molar-refractivity contribution in [1.82, 2.24) is 5.32 Å². The minimum Gasteiger partial charge on any atom is -0.486 e. The molecule has 0 unspecified atom stereocenters. The van der Waals surface area contributed by atoms with Gasteiger partial charge in [-0.05, 0) is 24.6 Å². The lowest BCUT2D eigenvalue weighted by Gasteiger charge is -2.21. The average molecular weight is 342 g/mol. The number of fused-ring (bicyclic) bond motifs is 1. The Hall–Kier alpha value is -3.09. The molecule has 25 heavy (non-hydrogen) atoms. The molecule has 0 aliphatic carbocycles. The fourth-order valence-corrected chi connectivity index (χ4v) is 2.72. The van der Waals surface area contributed by atoms with E-state index in [4.69, 9.17) is 9.47 Å². The lowest BCUT2D eigenvalue weighted by atomic mass is 10.1. The number of ether oxygens (including phenoxy) is 2. The molecule has 7 nitrogen and oxygen atoms in total. The number of rotatable bonds is 5. The number of benzene rings is 2. The normalized spacial score (nSPS) is 13.8. The molecule has 1 aliphatic heterocycles. The quantitative estimate of drug-likeness (QED) is 0.666. The molecule has 2 aromatic carbocycles. The number of carbonyl (C=O) groups excluding carboxylic acids is 1. The van der Waals surface area contributed by atoms with Crippen LogP contribution in [0.4, 0.5) is 5.69 Å². The number of hydrogen-bond acceptors (Lipinski definition) is 5. The van der Waals surface area contributed by atoms with Gasteiger partial charge in [0.2, 0.25) is 5.91 Å². The Labute approximate surface area is 144 Å². The molecule has 0 saturated carbocycles. The largest absolute Gasteiger partial charge is 0.486 e. The van der Waals surface area contributed by atoms with E-state index in [1.807, 2.05) is 25.1 Å². The van der Waals surface area contributed by atoms with Crippen molar-refractivity contribution >= 4 is 11.6 Å². The number of nitrogens with one attached hydrogen (secondary N) is 1. The van der Waals surface area contributed by atoms with Crippen molar-refractivity contribution in [3.63, 3.8) is 0 Å². The topological polar surface area (TPSA) is 90.7 Å². The second-order valence-corrected chi connectivity index (χ2v) is 5.75. The van der Waals surface area contributed by atoms with Crippen LogP contribution in [0.3, 0.4) is 0 Å². The molecule has 1 amide bonds. The first-order valence-electron chi connectivity index (χ1n) is 7.96. The molecule has 1 heterocycles. The van der Waals surface area contributed by atoms with Gasteiger partial charge in [0, 0.05) is 11.6 Å². The summed E-state index contributed by atoms with van der Waals surface area (Å²) in [5, 5.41) is 13.9. The summed E-state index contributed by atoms with van der Waals surface area (Å²) in [7, 11) is 0. The van der Waals surface area contributed by atoms with Crippen LogP contribution in [0.15, 0.2) is 42.5 Å². The zero-order chi connectivity index (χ0) is 17.8. The van der Waals surface area contributed by atoms with Gasteiger partial charge < -0.3 is 14.8 Å². The molecular formula is C18H18N2O5. The summed E-state index contributed by atoms with van der Waals surface area (Å²) in [4.78, 5) is 22.8. The summed E-state index contributed by atoms with van der Waals surface area (Å²) in [5.41, 5.74) is 1.21. The molecule has 0 aromatic heterocycles. The highest BCUT2D eigenvalue weighted by molar-refractivity contribution is 5.80. The zero-order valence-corrected chi connectivity index (χ0v) is 13.7. The first kappa shape index (κ1) is 16.8. The summed E-state index contributed by atoms with van der Waals surface area (Å²) in [6, 6.07) is 11.5. The van der Waals surface area contributed by atoms with Gasteiger partial charge in [-0.25, -0.2) is 0 Å². The van der Waals surface area contributed by atoms with Gasteiger partial charge in [0.15, 0.2) is 11.5 Å². The second-order valence-electron chi connectivity index (χ2n) is 5.75. The summed E-state index contributed by atoms with van der Waals surface area (Å²) >= 11 is 0. The van der Waals surface area contributed by atoms with E-state index >= 15 is 0 Å². The van der Waals surface area contributed by atoms with Crippen LogP contribution in [0, 0.1) is 10.1 Å². The fraction of sp³-hybridized carbons (Fsp3) is 0.278. The van der Waals surface area contributed by atoms with E-state index in [9.17, 15) is 14.9 Å². The van der Waals surface area contributed by atoms with Gasteiger partial charge in [-0.3, -0.25) is 14.9 Å². The minimum atomic E-state index is -0.479. The summed E-state index contributed by atoms with van der Waals surface area (Å²) in [5.74, 6) is 1.06. The van der Waals surface area contributed by atoms with Crippen LogP contribution in [-0.2, 0) is 11.2 Å². The Morgan fingerprint density at radius 3 is 2.68 bits per heavy atom. The minimum absolute atomic E-state index is 0.0496. The second kappa shape index (κ2) is 7.21. The van der Waals surface area contributed by atoms with Crippen LogP contribution in [0.25, 0.3) is 0 Å². The van der Waals surface area contributed by atoms with E-state index in [1.54, 1.807) is 18.2 Å². The fourth-order valence-electron chi connectivity index (χ4n) is 2.72. The highest BCUT2D eigenvalue weighted by Crippen LogP contribution is 2.32. The first-order valence-corrected chi connectivity index (χ1v) is 7.96.